The molecule has 5 rings (SSSR count). The van der Waals surface area contributed by atoms with Gasteiger partial charge >= 0.3 is 29.2 Å². The lowest BCUT2D eigenvalue weighted by molar-refractivity contribution is -0.193. The number of hydrogen-bond acceptors (Lipinski definition) is 8. The number of aromatic hydroxyl groups is 1. The zero-order chi connectivity index (χ0) is 39.2. The lowest BCUT2D eigenvalue weighted by Crippen LogP contribution is -2.24. The van der Waals surface area contributed by atoms with E-state index in [1.54, 1.807) is 6.07 Å². The number of aliphatic carboxylic acids is 2. The fourth-order valence-electron chi connectivity index (χ4n) is 4.87. The predicted octanol–water partition coefficient (Wildman–Crippen LogP) is 6.35. The summed E-state index contributed by atoms with van der Waals surface area (Å²) >= 11 is 0.999. The zero-order valence-electron chi connectivity index (χ0n) is 27.6. The first kappa shape index (κ1) is 42.2. The maximum atomic E-state index is 11.7. The molecule has 0 unspecified atom stereocenters. The molecule has 1 heterocycles. The molecule has 0 amide bonds. The van der Waals surface area contributed by atoms with E-state index in [0.717, 1.165) is 37.4 Å². The minimum Gasteiger partial charge on any atom is -0.506 e. The maximum absolute atomic E-state index is 11.7. The van der Waals surface area contributed by atoms with Gasteiger partial charge in [0.05, 0.1) is 10.8 Å². The zero-order valence-corrected chi connectivity index (χ0v) is 28.4. The monoisotopic (exact) mass is 767 g/mol. The SMILES string of the molecule is O=C(O)C(F)(F)F.O=C(O)C(F)(F)F.O=c1[nH]c2c(O)ccc([C@@H](O)CNCCc3ccc(CNCC(c4ccccc4)c4ccccc4)cc3)c2s1. The number of H-pyrrole nitrogens is 1. The summed E-state index contributed by atoms with van der Waals surface area (Å²) in [6, 6.07) is 33.1. The molecule has 1 atom stereocenters. The number of carboxylic acids is 2. The first-order valence-electron chi connectivity index (χ1n) is 15.7. The second-order valence-corrected chi connectivity index (χ2v) is 12.3. The molecule has 17 heteroatoms. The summed E-state index contributed by atoms with van der Waals surface area (Å²) in [6.45, 7) is 2.73. The lowest BCUT2D eigenvalue weighted by Gasteiger charge is -2.19. The number of nitrogens with one attached hydrogen (secondary N) is 3. The number of rotatable bonds is 12. The summed E-state index contributed by atoms with van der Waals surface area (Å²) in [7, 11) is 0. The number of aromatic nitrogens is 1. The smallest absolute Gasteiger partial charge is 0.490 e. The van der Waals surface area contributed by atoms with Gasteiger partial charge in [0.25, 0.3) is 0 Å². The average Bonchev–Trinajstić information content (AvgIpc) is 3.52. The van der Waals surface area contributed by atoms with Crippen LogP contribution in [0, 0.1) is 0 Å². The highest BCUT2D eigenvalue weighted by atomic mass is 32.1. The van der Waals surface area contributed by atoms with Crippen LogP contribution in [0.4, 0.5) is 26.3 Å². The number of benzene rings is 4. The van der Waals surface area contributed by atoms with Crippen LogP contribution in [0.15, 0.2) is 102 Å². The van der Waals surface area contributed by atoms with Crippen molar-refractivity contribution < 1.29 is 56.4 Å². The Morgan fingerprint density at radius 3 is 1.70 bits per heavy atom. The van der Waals surface area contributed by atoms with Crippen LogP contribution in [-0.4, -0.2) is 69.3 Å². The Bertz CT molecular complexity index is 1890. The van der Waals surface area contributed by atoms with Crippen molar-refractivity contribution in [2.45, 2.75) is 37.3 Å². The molecule has 0 radical (unpaired) electrons. The summed E-state index contributed by atoms with van der Waals surface area (Å²) in [5, 5.41) is 41.8. The van der Waals surface area contributed by atoms with Gasteiger partial charge in [-0.15, -0.1) is 0 Å². The highest BCUT2D eigenvalue weighted by molar-refractivity contribution is 7.16. The lowest BCUT2D eigenvalue weighted by atomic mass is 9.91. The number of aliphatic hydroxyl groups excluding tert-OH is 1. The molecule has 1 aromatic heterocycles. The minimum atomic E-state index is -5.08. The molecule has 10 nitrogen and oxygen atoms in total. The normalized spacial score (nSPS) is 12.0. The number of aliphatic hydroxyl groups is 1. The second kappa shape index (κ2) is 19.6. The van der Waals surface area contributed by atoms with E-state index in [1.807, 2.05) is 0 Å². The van der Waals surface area contributed by atoms with Crippen LogP contribution in [0.5, 0.6) is 5.75 Å². The molecule has 284 valence electrons. The van der Waals surface area contributed by atoms with Gasteiger partial charge in [0.2, 0.25) is 0 Å². The summed E-state index contributed by atoms with van der Waals surface area (Å²) in [6.07, 6.45) is -10.1. The Hall–Kier alpha value is -5.23. The van der Waals surface area contributed by atoms with Gasteiger partial charge in [-0.2, -0.15) is 26.3 Å². The van der Waals surface area contributed by atoms with E-state index in [9.17, 15) is 41.4 Å². The third-order valence-electron chi connectivity index (χ3n) is 7.46. The van der Waals surface area contributed by atoms with E-state index < -0.39 is 30.4 Å². The van der Waals surface area contributed by atoms with Gasteiger partial charge in [-0.3, -0.25) is 4.79 Å². The molecular weight excluding hydrogens is 732 g/mol. The highest BCUT2D eigenvalue weighted by Gasteiger charge is 2.38. The van der Waals surface area contributed by atoms with Crippen molar-refractivity contribution in [1.82, 2.24) is 15.6 Å². The third kappa shape index (κ3) is 13.7. The summed E-state index contributed by atoms with van der Waals surface area (Å²) in [5.74, 6) is -5.20. The number of fused-ring (bicyclic) bond motifs is 1. The molecule has 0 aliphatic carbocycles. The molecule has 0 bridgehead atoms. The number of aromatic amines is 1. The van der Waals surface area contributed by atoms with Crippen LogP contribution in [0.3, 0.4) is 0 Å². The van der Waals surface area contributed by atoms with Crippen LogP contribution in [0.2, 0.25) is 0 Å². The van der Waals surface area contributed by atoms with Crippen LogP contribution in [-0.2, 0) is 22.6 Å². The predicted molar refractivity (Wildman–Crippen MR) is 186 cm³/mol. The molecule has 0 spiro atoms. The van der Waals surface area contributed by atoms with Crippen molar-refractivity contribution in [3.05, 3.63) is 135 Å². The van der Waals surface area contributed by atoms with E-state index in [0.29, 0.717) is 28.2 Å². The molecule has 0 aliphatic heterocycles. The molecular formula is C36H35F6N3O7S. The van der Waals surface area contributed by atoms with E-state index in [-0.39, 0.29) is 10.6 Å². The van der Waals surface area contributed by atoms with E-state index >= 15 is 0 Å². The highest BCUT2D eigenvalue weighted by Crippen LogP contribution is 2.31. The minimum absolute atomic E-state index is 0.0121. The van der Waals surface area contributed by atoms with Crippen molar-refractivity contribution in [1.29, 1.82) is 0 Å². The van der Waals surface area contributed by atoms with E-state index in [4.69, 9.17) is 19.8 Å². The van der Waals surface area contributed by atoms with Crippen molar-refractivity contribution in [3.8, 4) is 5.75 Å². The first-order valence-corrected chi connectivity index (χ1v) is 16.5. The average molecular weight is 768 g/mol. The molecule has 53 heavy (non-hydrogen) atoms. The van der Waals surface area contributed by atoms with Crippen LogP contribution in [0.1, 0.15) is 39.8 Å². The van der Waals surface area contributed by atoms with Crippen LogP contribution in [0.25, 0.3) is 10.2 Å². The molecule has 0 fully saturated rings. The fraction of sp³-hybridized carbons (Fsp3) is 0.250. The largest absolute Gasteiger partial charge is 0.506 e. The van der Waals surface area contributed by atoms with Crippen LogP contribution < -0.4 is 15.5 Å². The van der Waals surface area contributed by atoms with Crippen molar-refractivity contribution in [2.75, 3.05) is 19.6 Å². The molecule has 0 aliphatic rings. The Morgan fingerprint density at radius 1 is 0.717 bits per heavy atom. The molecule has 4 aromatic carbocycles. The molecule has 5 aromatic rings. The number of halogens is 6. The number of hydrogen-bond donors (Lipinski definition) is 7. The van der Waals surface area contributed by atoms with Crippen molar-refractivity contribution in [2.24, 2.45) is 0 Å². The van der Waals surface area contributed by atoms with Crippen molar-refractivity contribution in [3.63, 3.8) is 0 Å². The van der Waals surface area contributed by atoms with Crippen molar-refractivity contribution >= 4 is 33.5 Å². The number of carboxylic acid groups (broad SMARTS) is 2. The Kier molecular flexibility index (Phi) is 15.6. The number of phenolic OH excluding ortho intramolecular Hbond substituents is 1. The summed E-state index contributed by atoms with van der Waals surface area (Å²) < 4.78 is 64.1. The van der Waals surface area contributed by atoms with E-state index in [2.05, 4.69) is 101 Å². The van der Waals surface area contributed by atoms with Gasteiger partial charge in [0.1, 0.15) is 11.3 Å². The Balaban J connectivity index is 0.000000458. The second-order valence-electron chi connectivity index (χ2n) is 11.3. The fourth-order valence-corrected chi connectivity index (χ4v) is 5.78. The van der Waals surface area contributed by atoms with Gasteiger partial charge in [0, 0.05) is 31.1 Å². The first-order chi connectivity index (χ1) is 25.0. The Morgan fingerprint density at radius 2 is 1.21 bits per heavy atom. The third-order valence-corrected chi connectivity index (χ3v) is 8.40. The van der Waals surface area contributed by atoms with Crippen LogP contribution >= 0.6 is 11.3 Å². The van der Waals surface area contributed by atoms with Gasteiger partial charge in [-0.25, -0.2) is 9.59 Å². The molecule has 7 N–H and O–H groups in total. The van der Waals surface area contributed by atoms with Gasteiger partial charge in [-0.05, 0) is 41.3 Å². The van der Waals surface area contributed by atoms with Gasteiger partial charge in [-0.1, -0.05) is 102 Å². The quantitative estimate of drug-likeness (QED) is 0.0565. The standard InChI is InChI=1S/C32H33N3O3S.2C2HF3O2/c36-28-16-15-26(31-30(28)35-32(38)39-31)29(37)21-33-18-17-22-11-13-23(14-12-22)19-34-20-27(24-7-3-1-4-8-24)25-9-5-2-6-10-25;2*3-2(4,5)1(6)7/h1-16,27,29,33-34,36-37H,17-21H2,(H,35,38);2*(H,6,7)/t29-;;/m0../s1. The summed E-state index contributed by atoms with van der Waals surface area (Å²) in [4.78, 5) is 31.9. The van der Waals surface area contributed by atoms with Gasteiger partial charge < -0.3 is 36.0 Å². The molecule has 0 saturated heterocycles. The number of alkyl halides is 6. The number of thiazole rings is 1. The van der Waals surface area contributed by atoms with E-state index in [1.165, 1.54) is 28.3 Å². The van der Waals surface area contributed by atoms with Gasteiger partial charge in [0.15, 0.2) is 0 Å². The maximum Gasteiger partial charge on any atom is 0.490 e. The number of phenols is 1. The number of carbonyl (C=O) groups is 2. The Labute approximate surface area is 302 Å². The topological polar surface area (TPSA) is 172 Å². The summed E-state index contributed by atoms with van der Waals surface area (Å²) in [5.41, 5.74) is 6.10. The molecule has 0 saturated carbocycles.